The Kier molecular flexibility index (Phi) is 5.26. The summed E-state index contributed by atoms with van der Waals surface area (Å²) in [5.41, 5.74) is 0.814. The minimum absolute atomic E-state index is 0.0591. The van der Waals surface area contributed by atoms with Crippen molar-refractivity contribution in [2.24, 2.45) is 5.84 Å². The van der Waals surface area contributed by atoms with Gasteiger partial charge in [0.1, 0.15) is 5.69 Å². The summed E-state index contributed by atoms with van der Waals surface area (Å²) in [6, 6.07) is 3.92. The molecule has 1 aromatic carbocycles. The van der Waals surface area contributed by atoms with Crippen LogP contribution in [0.4, 0.5) is 11.4 Å². The molecule has 1 rings (SSSR count). The van der Waals surface area contributed by atoms with Gasteiger partial charge in [-0.1, -0.05) is 19.4 Å². The molecule has 0 atom stereocenters. The number of anilines is 1. The number of nitrogens with zero attached hydrogens (tertiary/aromatic N) is 1. The summed E-state index contributed by atoms with van der Waals surface area (Å²) in [5, 5.41) is 11.2. The number of nitrogens with two attached hydrogens (primary N) is 1. The molecular weight excluding hydrogens is 296 g/mol. The fraction of sp³-hybridized carbons (Fsp3) is 0.500. The topological polar surface area (TPSA) is 127 Å². The Balaban J connectivity index is 3.36. The highest BCUT2D eigenvalue weighted by atomic mass is 32.2. The quantitative estimate of drug-likeness (QED) is 0.399. The molecule has 0 aromatic heterocycles. The first kappa shape index (κ1) is 17.3. The molecule has 0 aliphatic carbocycles. The number of rotatable bonds is 7. The van der Waals surface area contributed by atoms with Gasteiger partial charge in [-0.15, -0.1) is 0 Å². The lowest BCUT2D eigenvalue weighted by atomic mass is 10.0. The minimum Gasteiger partial charge on any atom is -0.318 e. The first-order valence-corrected chi connectivity index (χ1v) is 7.91. The number of nitro benzene ring substituents is 1. The molecule has 21 heavy (non-hydrogen) atoms. The molecule has 0 unspecified atom stereocenters. The fourth-order valence-electron chi connectivity index (χ4n) is 2.14. The van der Waals surface area contributed by atoms with Crippen LogP contribution in [0.25, 0.3) is 0 Å². The van der Waals surface area contributed by atoms with Crippen molar-refractivity contribution >= 4 is 21.4 Å². The summed E-state index contributed by atoms with van der Waals surface area (Å²) >= 11 is 0. The molecule has 0 spiro atoms. The van der Waals surface area contributed by atoms with Gasteiger partial charge in [-0.25, -0.2) is 13.1 Å². The number of benzene rings is 1. The molecule has 0 radical (unpaired) electrons. The third kappa shape index (κ3) is 4.13. The van der Waals surface area contributed by atoms with E-state index in [1.807, 2.05) is 6.92 Å². The van der Waals surface area contributed by atoms with Crippen LogP contribution in [0.2, 0.25) is 0 Å². The van der Waals surface area contributed by atoms with Gasteiger partial charge in [0.05, 0.1) is 4.92 Å². The van der Waals surface area contributed by atoms with Crippen molar-refractivity contribution in [1.82, 2.24) is 4.72 Å². The Labute approximate surface area is 123 Å². The van der Waals surface area contributed by atoms with Gasteiger partial charge in [-0.3, -0.25) is 16.0 Å². The lowest BCUT2D eigenvalue weighted by molar-refractivity contribution is -0.386. The first-order valence-electron chi connectivity index (χ1n) is 6.42. The van der Waals surface area contributed by atoms with E-state index in [9.17, 15) is 18.5 Å². The summed E-state index contributed by atoms with van der Waals surface area (Å²) in [4.78, 5) is 9.98. The van der Waals surface area contributed by atoms with Crippen LogP contribution in [0.3, 0.4) is 0 Å². The number of nitro groups is 1. The zero-order valence-corrected chi connectivity index (χ0v) is 13.0. The highest BCUT2D eigenvalue weighted by Crippen LogP contribution is 2.32. The largest absolute Gasteiger partial charge is 0.318 e. The summed E-state index contributed by atoms with van der Waals surface area (Å²) in [6.45, 7) is 5.38. The molecule has 0 fully saturated rings. The van der Waals surface area contributed by atoms with E-state index in [4.69, 9.17) is 5.84 Å². The Hall–Kier alpha value is -1.71. The highest BCUT2D eigenvalue weighted by molar-refractivity contribution is 7.89. The van der Waals surface area contributed by atoms with E-state index in [-0.39, 0.29) is 5.69 Å². The molecule has 0 aliphatic rings. The molecule has 1 aromatic rings. The van der Waals surface area contributed by atoms with Crippen molar-refractivity contribution in [3.05, 3.63) is 28.3 Å². The Morgan fingerprint density at radius 2 is 2.00 bits per heavy atom. The van der Waals surface area contributed by atoms with Gasteiger partial charge in [0, 0.05) is 5.54 Å². The van der Waals surface area contributed by atoms with Gasteiger partial charge in [-0.05, 0) is 32.4 Å². The summed E-state index contributed by atoms with van der Waals surface area (Å²) < 4.78 is 27.4. The van der Waals surface area contributed by atoms with Gasteiger partial charge >= 0.3 is 5.69 Å². The van der Waals surface area contributed by atoms with Crippen LogP contribution >= 0.6 is 0 Å². The third-order valence-corrected chi connectivity index (χ3v) is 4.64. The van der Waals surface area contributed by atoms with E-state index in [0.29, 0.717) is 6.42 Å². The average molecular weight is 316 g/mol. The van der Waals surface area contributed by atoms with Crippen molar-refractivity contribution < 1.29 is 13.3 Å². The van der Waals surface area contributed by atoms with E-state index < -0.39 is 31.1 Å². The molecule has 0 saturated heterocycles. The molecule has 9 heteroatoms. The van der Waals surface area contributed by atoms with Gasteiger partial charge < -0.3 is 5.43 Å². The Morgan fingerprint density at radius 1 is 1.38 bits per heavy atom. The lowest BCUT2D eigenvalue weighted by Gasteiger charge is -2.25. The van der Waals surface area contributed by atoms with Crippen LogP contribution in [0.5, 0.6) is 0 Å². The van der Waals surface area contributed by atoms with Crippen molar-refractivity contribution in [3.8, 4) is 0 Å². The molecule has 0 aliphatic heterocycles. The van der Waals surface area contributed by atoms with E-state index in [0.717, 1.165) is 6.42 Å². The maximum absolute atomic E-state index is 12.4. The van der Waals surface area contributed by atoms with E-state index >= 15 is 0 Å². The van der Waals surface area contributed by atoms with E-state index in [2.05, 4.69) is 10.1 Å². The zero-order chi connectivity index (χ0) is 16.3. The molecule has 118 valence electrons. The van der Waals surface area contributed by atoms with Crippen LogP contribution in [-0.2, 0) is 10.0 Å². The fourth-order valence-corrected chi connectivity index (χ4v) is 3.77. The standard InChI is InChI=1S/C12H20N4O4S/c1-4-8-12(2,3)15-21(19,20)10-7-5-6-9(14-13)11(10)16(17)18/h5-7,14-15H,4,8,13H2,1-3H3. The Morgan fingerprint density at radius 3 is 2.48 bits per heavy atom. The lowest BCUT2D eigenvalue weighted by Crippen LogP contribution is -2.43. The summed E-state index contributed by atoms with van der Waals surface area (Å²) in [7, 11) is -4.04. The van der Waals surface area contributed by atoms with Crippen molar-refractivity contribution in [3.63, 3.8) is 0 Å². The van der Waals surface area contributed by atoms with Gasteiger partial charge in [0.25, 0.3) is 0 Å². The second kappa shape index (κ2) is 6.37. The molecule has 8 nitrogen and oxygen atoms in total. The molecule has 0 heterocycles. The van der Waals surface area contributed by atoms with Crippen molar-refractivity contribution in [2.75, 3.05) is 5.43 Å². The number of hydrazine groups is 1. The number of sulfonamides is 1. The minimum atomic E-state index is -4.04. The monoisotopic (exact) mass is 316 g/mol. The predicted molar refractivity (Wildman–Crippen MR) is 80.2 cm³/mol. The maximum atomic E-state index is 12.4. The zero-order valence-electron chi connectivity index (χ0n) is 12.2. The van der Waals surface area contributed by atoms with Gasteiger partial charge in [0.2, 0.25) is 10.0 Å². The van der Waals surface area contributed by atoms with E-state index in [1.54, 1.807) is 13.8 Å². The van der Waals surface area contributed by atoms with Crippen LogP contribution in [0.15, 0.2) is 23.1 Å². The molecule has 0 bridgehead atoms. The van der Waals surface area contributed by atoms with E-state index in [1.165, 1.54) is 18.2 Å². The van der Waals surface area contributed by atoms with Crippen molar-refractivity contribution in [2.45, 2.75) is 44.0 Å². The second-order valence-electron chi connectivity index (χ2n) is 5.29. The molecule has 0 saturated carbocycles. The number of hydrogen-bond donors (Lipinski definition) is 3. The predicted octanol–water partition coefficient (Wildman–Crippen LogP) is 1.74. The Bertz CT molecular complexity index is 628. The smallest absolute Gasteiger partial charge is 0.313 e. The van der Waals surface area contributed by atoms with Crippen LogP contribution in [-0.4, -0.2) is 18.9 Å². The highest BCUT2D eigenvalue weighted by Gasteiger charge is 2.32. The maximum Gasteiger partial charge on any atom is 0.313 e. The SMILES string of the molecule is CCCC(C)(C)NS(=O)(=O)c1cccc(NN)c1[N+](=O)[O-]. The summed E-state index contributed by atoms with van der Waals surface area (Å²) in [5.74, 6) is 5.21. The number of nitrogen functional groups attached to an aromatic ring is 1. The normalized spacial score (nSPS) is 12.2. The number of para-hydroxylation sites is 1. The van der Waals surface area contributed by atoms with Gasteiger partial charge in [-0.2, -0.15) is 0 Å². The number of hydrogen-bond acceptors (Lipinski definition) is 6. The molecule has 0 amide bonds. The average Bonchev–Trinajstić information content (AvgIpc) is 2.36. The van der Waals surface area contributed by atoms with Crippen LogP contribution in [0.1, 0.15) is 33.6 Å². The van der Waals surface area contributed by atoms with Crippen molar-refractivity contribution in [1.29, 1.82) is 0 Å². The summed E-state index contributed by atoms with van der Waals surface area (Å²) in [6.07, 6.45) is 1.39. The number of nitrogens with one attached hydrogen (secondary N) is 2. The third-order valence-electron chi connectivity index (χ3n) is 2.91. The first-order chi connectivity index (χ1) is 9.64. The molecule has 4 N–H and O–H groups in total. The van der Waals surface area contributed by atoms with Crippen LogP contribution < -0.4 is 16.0 Å². The molecular formula is C12H20N4O4S. The van der Waals surface area contributed by atoms with Gasteiger partial charge in [0.15, 0.2) is 4.90 Å². The second-order valence-corrected chi connectivity index (χ2v) is 6.94. The van der Waals surface area contributed by atoms with Crippen LogP contribution in [0, 0.1) is 10.1 Å².